The zero-order valence-corrected chi connectivity index (χ0v) is 12.5. The molecule has 2 heterocycles. The maximum atomic E-state index is 12.0. The number of nitrogens with zero attached hydrogens (tertiary/aromatic N) is 1. The Hall–Kier alpha value is -0.890. The number of rotatable bonds is 6. The van der Waals surface area contributed by atoms with E-state index in [4.69, 9.17) is 9.52 Å². The van der Waals surface area contributed by atoms with Gasteiger partial charge in [-0.05, 0) is 50.5 Å². The van der Waals surface area contributed by atoms with Crippen molar-refractivity contribution in [1.82, 2.24) is 9.62 Å². The van der Waals surface area contributed by atoms with Gasteiger partial charge in [0.25, 0.3) is 10.0 Å². The third-order valence-corrected chi connectivity index (χ3v) is 5.07. The van der Waals surface area contributed by atoms with Crippen molar-refractivity contribution in [3.63, 3.8) is 0 Å². The molecule has 6 nitrogen and oxygen atoms in total. The molecule has 2 N–H and O–H groups in total. The van der Waals surface area contributed by atoms with Crippen molar-refractivity contribution in [3.8, 4) is 0 Å². The van der Waals surface area contributed by atoms with Crippen LogP contribution in [0.25, 0.3) is 0 Å². The lowest BCUT2D eigenvalue weighted by Crippen LogP contribution is -2.38. The number of aliphatic hydroxyl groups excluding tert-OH is 1. The van der Waals surface area contributed by atoms with E-state index in [0.29, 0.717) is 12.5 Å². The fourth-order valence-electron chi connectivity index (χ4n) is 2.39. The van der Waals surface area contributed by atoms with Crippen molar-refractivity contribution in [2.24, 2.45) is 5.92 Å². The van der Waals surface area contributed by atoms with Gasteiger partial charge in [-0.2, -0.15) is 0 Å². The summed E-state index contributed by atoms with van der Waals surface area (Å²) in [5, 5.41) is 8.75. The molecular formula is C13H22N2O4S. The zero-order valence-electron chi connectivity index (χ0n) is 11.7. The molecular weight excluding hydrogens is 280 g/mol. The monoisotopic (exact) mass is 302 g/mol. The second kappa shape index (κ2) is 6.71. The first-order valence-electron chi connectivity index (χ1n) is 6.96. The van der Waals surface area contributed by atoms with Gasteiger partial charge in [0, 0.05) is 6.54 Å². The van der Waals surface area contributed by atoms with Gasteiger partial charge >= 0.3 is 0 Å². The Bertz CT molecular complexity index is 518. The van der Waals surface area contributed by atoms with Crippen LogP contribution in [0.3, 0.4) is 0 Å². The van der Waals surface area contributed by atoms with Crippen LogP contribution in [0.1, 0.15) is 25.5 Å². The predicted molar refractivity (Wildman–Crippen MR) is 74.7 cm³/mol. The van der Waals surface area contributed by atoms with Gasteiger partial charge in [-0.3, -0.25) is 0 Å². The van der Waals surface area contributed by atoms with Crippen LogP contribution in [-0.4, -0.2) is 44.6 Å². The number of likely N-dealkylation sites (tertiary alicyclic amines) is 1. The lowest BCUT2D eigenvalue weighted by molar-refractivity contribution is 0.193. The summed E-state index contributed by atoms with van der Waals surface area (Å²) in [6.07, 6.45) is 2.02. The predicted octanol–water partition coefficient (Wildman–Crippen LogP) is 0.782. The molecule has 20 heavy (non-hydrogen) atoms. The molecule has 0 amide bonds. The molecule has 0 aliphatic carbocycles. The van der Waals surface area contributed by atoms with Crippen LogP contribution < -0.4 is 4.72 Å². The van der Waals surface area contributed by atoms with Crippen LogP contribution in [0.4, 0.5) is 0 Å². The molecule has 1 aromatic heterocycles. The molecule has 0 spiro atoms. The number of piperidine rings is 1. The summed E-state index contributed by atoms with van der Waals surface area (Å²) >= 11 is 0. The van der Waals surface area contributed by atoms with Crippen LogP contribution in [0.2, 0.25) is 0 Å². The van der Waals surface area contributed by atoms with Gasteiger partial charge in [0.05, 0.1) is 0 Å². The Morgan fingerprint density at radius 1 is 1.40 bits per heavy atom. The minimum atomic E-state index is -3.61. The number of hydrogen-bond acceptors (Lipinski definition) is 5. The molecule has 1 fully saturated rings. The van der Waals surface area contributed by atoms with Gasteiger partial charge in [-0.1, -0.05) is 6.92 Å². The minimum absolute atomic E-state index is 0.132. The number of aliphatic hydroxyl groups is 1. The van der Waals surface area contributed by atoms with E-state index in [1.807, 2.05) is 0 Å². The average molecular weight is 302 g/mol. The van der Waals surface area contributed by atoms with E-state index in [0.717, 1.165) is 32.5 Å². The maximum absolute atomic E-state index is 12.0. The lowest BCUT2D eigenvalue weighted by Gasteiger charge is -2.30. The molecule has 1 aromatic rings. The van der Waals surface area contributed by atoms with Gasteiger partial charge in [-0.15, -0.1) is 0 Å². The molecule has 0 atom stereocenters. The van der Waals surface area contributed by atoms with Crippen LogP contribution in [0.5, 0.6) is 0 Å². The Morgan fingerprint density at radius 3 is 2.65 bits per heavy atom. The summed E-state index contributed by atoms with van der Waals surface area (Å²) in [4.78, 5) is 2.37. The lowest BCUT2D eigenvalue weighted by atomic mass is 9.97. The number of nitrogens with one attached hydrogen (secondary N) is 1. The van der Waals surface area contributed by atoms with Crippen LogP contribution in [-0.2, 0) is 16.6 Å². The van der Waals surface area contributed by atoms with Crippen LogP contribution in [0.15, 0.2) is 21.6 Å². The second-order valence-corrected chi connectivity index (χ2v) is 6.81. The fraction of sp³-hybridized carbons (Fsp3) is 0.692. The van der Waals surface area contributed by atoms with Crippen molar-refractivity contribution in [3.05, 3.63) is 17.9 Å². The van der Waals surface area contributed by atoms with E-state index in [2.05, 4.69) is 16.5 Å². The third kappa shape index (κ3) is 3.82. The highest BCUT2D eigenvalue weighted by Crippen LogP contribution is 2.18. The third-order valence-electron chi connectivity index (χ3n) is 3.77. The molecule has 0 bridgehead atoms. The SMILES string of the molecule is CCN1CCC(CNS(=O)(=O)c2ccc(CO)o2)CC1. The summed E-state index contributed by atoms with van der Waals surface area (Å²) in [5.74, 6) is 0.626. The summed E-state index contributed by atoms with van der Waals surface area (Å²) in [6.45, 7) is 5.38. The second-order valence-electron chi connectivity index (χ2n) is 5.11. The van der Waals surface area contributed by atoms with E-state index in [-0.39, 0.29) is 17.5 Å². The van der Waals surface area contributed by atoms with E-state index in [1.54, 1.807) is 0 Å². The summed E-state index contributed by atoms with van der Waals surface area (Å²) in [7, 11) is -3.61. The summed E-state index contributed by atoms with van der Waals surface area (Å²) in [5.41, 5.74) is 0. The maximum Gasteiger partial charge on any atom is 0.273 e. The highest BCUT2D eigenvalue weighted by Gasteiger charge is 2.23. The first-order valence-corrected chi connectivity index (χ1v) is 8.45. The Labute approximate surface area is 119 Å². The van der Waals surface area contributed by atoms with Gasteiger partial charge in [0.15, 0.2) is 0 Å². The quantitative estimate of drug-likeness (QED) is 0.811. The standard InChI is InChI=1S/C13H22N2O4S/c1-2-15-7-5-11(6-8-15)9-14-20(17,18)13-4-3-12(10-16)19-13/h3-4,11,14,16H,2,5-10H2,1H3. The van der Waals surface area contributed by atoms with E-state index in [9.17, 15) is 8.42 Å². The largest absolute Gasteiger partial charge is 0.446 e. The van der Waals surface area contributed by atoms with E-state index < -0.39 is 10.0 Å². The fourth-order valence-corrected chi connectivity index (χ4v) is 3.45. The number of furan rings is 1. The molecule has 0 unspecified atom stereocenters. The highest BCUT2D eigenvalue weighted by atomic mass is 32.2. The van der Waals surface area contributed by atoms with Crippen molar-refractivity contribution in [2.75, 3.05) is 26.2 Å². The molecule has 114 valence electrons. The molecule has 1 aliphatic heterocycles. The summed E-state index contributed by atoms with van der Waals surface area (Å²) in [6, 6.07) is 2.84. The van der Waals surface area contributed by atoms with Crippen molar-refractivity contribution < 1.29 is 17.9 Å². The molecule has 1 aliphatic rings. The number of sulfonamides is 1. The molecule has 1 saturated heterocycles. The normalized spacial score (nSPS) is 18.5. The Kier molecular flexibility index (Phi) is 5.20. The van der Waals surface area contributed by atoms with Gasteiger partial charge in [0.1, 0.15) is 12.4 Å². The van der Waals surface area contributed by atoms with Gasteiger partial charge in [-0.25, -0.2) is 13.1 Å². The molecule has 0 radical (unpaired) electrons. The molecule has 7 heteroatoms. The van der Waals surface area contributed by atoms with Crippen molar-refractivity contribution >= 4 is 10.0 Å². The molecule has 0 aromatic carbocycles. The molecule has 2 rings (SSSR count). The first kappa shape index (κ1) is 15.5. The van der Waals surface area contributed by atoms with Gasteiger partial charge in [0.2, 0.25) is 5.09 Å². The van der Waals surface area contributed by atoms with Crippen LogP contribution in [0, 0.1) is 5.92 Å². The average Bonchev–Trinajstić information content (AvgIpc) is 2.95. The van der Waals surface area contributed by atoms with E-state index >= 15 is 0 Å². The Balaban J connectivity index is 1.87. The number of hydrogen-bond donors (Lipinski definition) is 2. The van der Waals surface area contributed by atoms with Crippen molar-refractivity contribution in [2.45, 2.75) is 31.5 Å². The van der Waals surface area contributed by atoms with Crippen molar-refractivity contribution in [1.29, 1.82) is 0 Å². The first-order chi connectivity index (χ1) is 9.55. The topological polar surface area (TPSA) is 82.8 Å². The smallest absolute Gasteiger partial charge is 0.273 e. The summed E-state index contributed by atoms with van der Waals surface area (Å²) < 4.78 is 31.7. The Morgan fingerprint density at radius 2 is 2.10 bits per heavy atom. The zero-order chi connectivity index (χ0) is 14.6. The van der Waals surface area contributed by atoms with E-state index in [1.165, 1.54) is 12.1 Å². The minimum Gasteiger partial charge on any atom is -0.446 e. The van der Waals surface area contributed by atoms with Crippen LogP contribution >= 0.6 is 0 Å². The highest BCUT2D eigenvalue weighted by molar-refractivity contribution is 7.89. The molecule has 0 saturated carbocycles. The van der Waals surface area contributed by atoms with Gasteiger partial charge < -0.3 is 14.4 Å².